The number of hydrogen-bond donors (Lipinski definition) is 2. The largest absolute Gasteiger partial charge is 0.458 e. The highest BCUT2D eigenvalue weighted by Gasteiger charge is 2.39. The second-order valence-electron chi connectivity index (χ2n) is 6.22. The molecule has 0 bridgehead atoms. The number of nitrogens with one attached hydrogen (secondary N) is 2. The second-order valence-corrected chi connectivity index (χ2v) is 6.22. The molecule has 1 aromatic carbocycles. The molecule has 118 valence electrons. The summed E-state index contributed by atoms with van der Waals surface area (Å²) in [6, 6.07) is 7.15. The van der Waals surface area contributed by atoms with Gasteiger partial charge in [-0.3, -0.25) is 9.59 Å². The Labute approximate surface area is 129 Å². The first-order valence-corrected chi connectivity index (χ1v) is 7.15. The molecule has 2 rings (SSSR count). The molecule has 0 spiro atoms. The van der Waals surface area contributed by atoms with Gasteiger partial charge in [0, 0.05) is 12.0 Å². The summed E-state index contributed by atoms with van der Waals surface area (Å²) in [6.45, 7) is 5.28. The van der Waals surface area contributed by atoms with Crippen molar-refractivity contribution < 1.29 is 19.1 Å². The van der Waals surface area contributed by atoms with Crippen molar-refractivity contribution in [1.82, 2.24) is 10.6 Å². The lowest BCUT2D eigenvalue weighted by atomic mass is 10.1. The minimum absolute atomic E-state index is 0.187. The summed E-state index contributed by atoms with van der Waals surface area (Å²) in [5, 5.41) is 5.19. The first-order chi connectivity index (χ1) is 10.3. The molecular formula is C16H20N2O4. The molecule has 0 unspecified atom stereocenters. The molecule has 2 atom stereocenters. The summed E-state index contributed by atoms with van der Waals surface area (Å²) in [5.41, 5.74) is -0.149. The Kier molecular flexibility index (Phi) is 4.49. The van der Waals surface area contributed by atoms with Crippen LogP contribution in [0.4, 0.5) is 0 Å². The highest BCUT2D eigenvalue weighted by atomic mass is 16.6. The molecule has 1 heterocycles. The Hall–Kier alpha value is -2.37. The van der Waals surface area contributed by atoms with Crippen molar-refractivity contribution >= 4 is 17.8 Å². The number of amides is 2. The van der Waals surface area contributed by atoms with Gasteiger partial charge in [0.25, 0.3) is 5.91 Å². The zero-order valence-electron chi connectivity index (χ0n) is 12.9. The third-order valence-electron chi connectivity index (χ3n) is 3.14. The minimum Gasteiger partial charge on any atom is -0.458 e. The van der Waals surface area contributed by atoms with Gasteiger partial charge in [-0.25, -0.2) is 4.79 Å². The fraction of sp³-hybridized carbons (Fsp3) is 0.438. The number of ether oxygens (including phenoxy) is 1. The molecule has 0 aromatic heterocycles. The third-order valence-corrected chi connectivity index (χ3v) is 3.14. The topological polar surface area (TPSA) is 84.5 Å². The van der Waals surface area contributed by atoms with Gasteiger partial charge in [0.05, 0.1) is 0 Å². The maximum absolute atomic E-state index is 12.0. The van der Waals surface area contributed by atoms with Gasteiger partial charge in [-0.2, -0.15) is 0 Å². The van der Waals surface area contributed by atoms with E-state index in [2.05, 4.69) is 10.6 Å². The van der Waals surface area contributed by atoms with Gasteiger partial charge < -0.3 is 15.4 Å². The van der Waals surface area contributed by atoms with E-state index in [1.54, 1.807) is 51.1 Å². The molecule has 6 heteroatoms. The van der Waals surface area contributed by atoms with Gasteiger partial charge in [-0.1, -0.05) is 18.2 Å². The molecule has 2 amide bonds. The minimum atomic E-state index is -0.731. The van der Waals surface area contributed by atoms with Gasteiger partial charge in [0.15, 0.2) is 0 Å². The fourth-order valence-electron chi connectivity index (χ4n) is 2.16. The van der Waals surface area contributed by atoms with E-state index in [-0.39, 0.29) is 18.2 Å². The average Bonchev–Trinajstić information content (AvgIpc) is 2.79. The van der Waals surface area contributed by atoms with Crippen LogP contribution >= 0.6 is 0 Å². The van der Waals surface area contributed by atoms with Gasteiger partial charge in [-0.05, 0) is 32.9 Å². The van der Waals surface area contributed by atoms with E-state index in [0.717, 1.165) is 0 Å². The maximum atomic E-state index is 12.0. The Bertz CT molecular complexity index is 578. The van der Waals surface area contributed by atoms with Crippen LogP contribution in [0.15, 0.2) is 30.3 Å². The van der Waals surface area contributed by atoms with Crippen molar-refractivity contribution in [3.05, 3.63) is 35.9 Å². The molecule has 1 aliphatic heterocycles. The van der Waals surface area contributed by atoms with E-state index in [4.69, 9.17) is 4.74 Å². The van der Waals surface area contributed by atoms with E-state index in [1.165, 1.54) is 0 Å². The van der Waals surface area contributed by atoms with Crippen LogP contribution in [0.5, 0.6) is 0 Å². The van der Waals surface area contributed by atoms with Crippen LogP contribution in [0.2, 0.25) is 0 Å². The molecule has 1 saturated heterocycles. The van der Waals surface area contributed by atoms with E-state index in [0.29, 0.717) is 5.56 Å². The second kappa shape index (κ2) is 6.17. The molecule has 22 heavy (non-hydrogen) atoms. The average molecular weight is 304 g/mol. The van der Waals surface area contributed by atoms with Crippen LogP contribution in [0.3, 0.4) is 0 Å². The molecule has 0 saturated carbocycles. The van der Waals surface area contributed by atoms with Crippen LogP contribution in [-0.4, -0.2) is 35.5 Å². The van der Waals surface area contributed by atoms with E-state index in [9.17, 15) is 14.4 Å². The van der Waals surface area contributed by atoms with Crippen molar-refractivity contribution in [1.29, 1.82) is 0 Å². The zero-order chi connectivity index (χ0) is 16.3. The number of hydrogen-bond acceptors (Lipinski definition) is 4. The van der Waals surface area contributed by atoms with Crippen LogP contribution in [0.1, 0.15) is 37.6 Å². The molecule has 0 radical (unpaired) electrons. The van der Waals surface area contributed by atoms with Crippen molar-refractivity contribution in [3.63, 3.8) is 0 Å². The Morgan fingerprint density at radius 1 is 1.23 bits per heavy atom. The number of esters is 1. The summed E-state index contributed by atoms with van der Waals surface area (Å²) in [7, 11) is 0. The van der Waals surface area contributed by atoms with Crippen molar-refractivity contribution in [2.45, 2.75) is 44.9 Å². The lowest BCUT2D eigenvalue weighted by Crippen LogP contribution is -2.40. The zero-order valence-corrected chi connectivity index (χ0v) is 12.9. The predicted molar refractivity (Wildman–Crippen MR) is 80.1 cm³/mol. The molecule has 1 fully saturated rings. The van der Waals surface area contributed by atoms with E-state index in [1.807, 2.05) is 0 Å². The standard InChI is InChI=1S/C16H20N2O4/c1-16(2,3)22-15(21)12-9-11(14(20)18-12)17-13(19)10-7-5-4-6-8-10/h4-8,11-12H,9H2,1-3H3,(H,17,19)(H,18,20)/t11-,12-/m1/s1. The maximum Gasteiger partial charge on any atom is 0.329 e. The summed E-state index contributed by atoms with van der Waals surface area (Å²) >= 11 is 0. The Morgan fingerprint density at radius 2 is 1.86 bits per heavy atom. The summed E-state index contributed by atoms with van der Waals surface area (Å²) in [5.74, 6) is -1.21. The lowest BCUT2D eigenvalue weighted by molar-refractivity contribution is -0.157. The number of carbonyl (C=O) groups is 3. The fourth-order valence-corrected chi connectivity index (χ4v) is 2.16. The third kappa shape index (κ3) is 4.07. The molecule has 1 aromatic rings. The SMILES string of the molecule is CC(C)(C)OC(=O)[C@H]1C[C@@H](NC(=O)c2ccccc2)C(=O)N1. The highest BCUT2D eigenvalue weighted by Crippen LogP contribution is 2.15. The smallest absolute Gasteiger partial charge is 0.329 e. The molecule has 1 aliphatic rings. The van der Waals surface area contributed by atoms with Gasteiger partial charge in [0.2, 0.25) is 5.91 Å². The Morgan fingerprint density at radius 3 is 2.45 bits per heavy atom. The summed E-state index contributed by atoms with van der Waals surface area (Å²) < 4.78 is 5.24. The monoisotopic (exact) mass is 304 g/mol. The van der Waals surface area contributed by atoms with Gasteiger partial charge in [0.1, 0.15) is 17.7 Å². The normalized spacial score (nSPS) is 21.1. The predicted octanol–water partition coefficient (Wildman–Crippen LogP) is 1.02. The van der Waals surface area contributed by atoms with Crippen LogP contribution < -0.4 is 10.6 Å². The van der Waals surface area contributed by atoms with Gasteiger partial charge >= 0.3 is 5.97 Å². The van der Waals surface area contributed by atoms with E-state index < -0.39 is 23.7 Å². The molecule has 0 aliphatic carbocycles. The quantitative estimate of drug-likeness (QED) is 0.816. The van der Waals surface area contributed by atoms with E-state index >= 15 is 0 Å². The van der Waals surface area contributed by atoms with Gasteiger partial charge in [-0.15, -0.1) is 0 Å². The molecular weight excluding hydrogens is 284 g/mol. The number of carbonyl (C=O) groups excluding carboxylic acids is 3. The molecule has 2 N–H and O–H groups in total. The first kappa shape index (κ1) is 16.0. The Balaban J connectivity index is 1.96. The lowest BCUT2D eigenvalue weighted by Gasteiger charge is -2.21. The van der Waals surface area contributed by atoms with Crippen LogP contribution in [0, 0.1) is 0 Å². The van der Waals surface area contributed by atoms with Crippen molar-refractivity contribution in [2.75, 3.05) is 0 Å². The molecule has 6 nitrogen and oxygen atoms in total. The number of rotatable bonds is 3. The van der Waals surface area contributed by atoms with Crippen molar-refractivity contribution in [3.8, 4) is 0 Å². The highest BCUT2D eigenvalue weighted by molar-refractivity contribution is 5.99. The summed E-state index contributed by atoms with van der Waals surface area (Å²) in [6.07, 6.45) is 0.187. The number of benzene rings is 1. The van der Waals surface area contributed by atoms with Crippen LogP contribution in [-0.2, 0) is 14.3 Å². The van der Waals surface area contributed by atoms with Crippen LogP contribution in [0.25, 0.3) is 0 Å². The summed E-state index contributed by atoms with van der Waals surface area (Å²) in [4.78, 5) is 35.9. The first-order valence-electron chi connectivity index (χ1n) is 7.15. The van der Waals surface area contributed by atoms with Crippen molar-refractivity contribution in [2.24, 2.45) is 0 Å².